The molecule has 0 unspecified atom stereocenters. The summed E-state index contributed by atoms with van der Waals surface area (Å²) in [6.45, 7) is 86.9. The van der Waals surface area contributed by atoms with Crippen LogP contribution < -0.4 is 33.2 Å². The van der Waals surface area contributed by atoms with Crippen molar-refractivity contribution in [2.75, 3.05) is 0 Å². The molecule has 0 saturated heterocycles. The van der Waals surface area contributed by atoms with E-state index in [1.165, 1.54) is 236 Å². The molecular weight excluding hydrogens is 1720 g/mol. The second-order valence-corrected chi connectivity index (χ2v) is 54.4. The minimum absolute atomic E-state index is 0.128. The van der Waals surface area contributed by atoms with E-state index >= 15 is 0 Å². The fraction of sp³-hybridized carbons (Fsp3) is 0.687. The molecule has 0 heterocycles. The van der Waals surface area contributed by atoms with E-state index in [0.717, 1.165) is 82.2 Å². The molecule has 17 rings (SSSR count). The SMILES string of the molecule is CC(C)c1cccc([C@@H](C)C2CC2)c1OC(C)(C)C.CC(C)c1cccc([C@@H](C)C2CCC2)c1OC(C)(C)C.CC(C)c1cccc([C@H](C)C2CC2)c1OC(C)(C)C.CC(C)c1cccc([C@H](C)C2CCC2)c1OC(C)(C)C.C[C@@H](c1cccc([C@H](C)C2CC2)c1OC(C)(C)C)C1CC1.C[C@H](c1cccc([C@@H](C)C2CC2)c1OC(C)(C)C)C1CC1.C[C@H](c1cccc([C@H](C)C2CC2)c1OC(C)(C)C)C1CC1. The van der Waals surface area contributed by atoms with E-state index in [-0.39, 0.29) is 39.2 Å². The summed E-state index contributed by atoms with van der Waals surface area (Å²) in [4.78, 5) is 0. The third kappa shape index (κ3) is 34.4. The van der Waals surface area contributed by atoms with Gasteiger partial charge in [0.2, 0.25) is 0 Å². The van der Waals surface area contributed by atoms with Crippen LogP contribution >= 0.6 is 0 Å². The van der Waals surface area contributed by atoms with Crippen LogP contribution in [0.3, 0.4) is 0 Å². The Balaban J connectivity index is 0.000000157. The smallest absolute Gasteiger partial charge is 0.127 e. The Morgan fingerprint density at radius 3 is 0.319 bits per heavy atom. The Hall–Kier alpha value is -6.86. The molecule has 0 spiro atoms. The zero-order valence-corrected chi connectivity index (χ0v) is 97.4. The first-order valence-corrected chi connectivity index (χ1v) is 57.5. The van der Waals surface area contributed by atoms with Crippen LogP contribution in [0, 0.1) is 59.2 Å². The highest BCUT2D eigenvalue weighted by atomic mass is 16.5. The first-order chi connectivity index (χ1) is 65.8. The van der Waals surface area contributed by atoms with Gasteiger partial charge in [0, 0.05) is 0 Å². The molecule has 0 bridgehead atoms. The van der Waals surface area contributed by atoms with E-state index in [2.05, 4.69) is 397 Å². The van der Waals surface area contributed by atoms with Crippen molar-refractivity contribution in [1.29, 1.82) is 0 Å². The van der Waals surface area contributed by atoms with Crippen molar-refractivity contribution in [2.24, 2.45) is 59.2 Å². The van der Waals surface area contributed by atoms with Gasteiger partial charge in [-0.3, -0.25) is 0 Å². The second kappa shape index (κ2) is 48.0. The molecule has 7 aromatic rings. The van der Waals surface area contributed by atoms with Gasteiger partial charge >= 0.3 is 0 Å². The van der Waals surface area contributed by atoms with Gasteiger partial charge in [0.1, 0.15) is 79.5 Å². The molecule has 0 radical (unpaired) electrons. The molecule has 141 heavy (non-hydrogen) atoms. The molecule has 7 nitrogen and oxygen atoms in total. The van der Waals surface area contributed by atoms with Crippen molar-refractivity contribution in [2.45, 2.75) is 533 Å². The standard InChI is InChI=1S/3C20H30O.2C19H30O.2C18H28O/c3*1-13(15-9-10-15)17-7-6-8-18(14(2)16-11-12-16)19(17)21-20(3,4)5;2*1-13(2)16-11-8-12-17(14(3)15-9-7-10-15)18(16)20-19(4,5)6;2*1-12(2)15-8-7-9-16(13(3)14-10-11-14)17(15)19-18(4,5)6/h3*6-8,13-16H,9-12H2,1-5H3;2*8,11-15H,7,9-10H2,1-6H3;2*7-9,12-14H,10-11H2,1-6H3/t13-,14+;2*13-,14-;2*14-;2*13-/m.101010/s1. The monoisotopic (exact) mass is 1930 g/mol. The van der Waals surface area contributed by atoms with E-state index in [4.69, 9.17) is 33.2 Å². The summed E-state index contributed by atoms with van der Waals surface area (Å²) in [6, 6.07) is 47.3. The molecule has 0 aromatic heterocycles. The van der Waals surface area contributed by atoms with Gasteiger partial charge in [-0.05, 0) is 494 Å². The maximum Gasteiger partial charge on any atom is 0.127 e. The number of benzene rings is 7. The number of rotatable bonds is 31. The third-order valence-corrected chi connectivity index (χ3v) is 32.1. The van der Waals surface area contributed by atoms with Gasteiger partial charge in [0.05, 0.1) is 0 Å². The van der Waals surface area contributed by atoms with E-state index in [1.54, 1.807) is 0 Å². The van der Waals surface area contributed by atoms with Crippen molar-refractivity contribution in [1.82, 2.24) is 0 Å². The lowest BCUT2D eigenvalue weighted by molar-refractivity contribution is 0.124. The van der Waals surface area contributed by atoms with Crippen LogP contribution in [-0.4, -0.2) is 39.2 Å². The summed E-state index contributed by atoms with van der Waals surface area (Å²) >= 11 is 0. The van der Waals surface area contributed by atoms with Crippen molar-refractivity contribution in [3.8, 4) is 40.2 Å². The van der Waals surface area contributed by atoms with Gasteiger partial charge in [-0.2, -0.15) is 0 Å². The Bertz CT molecular complexity index is 4540. The third-order valence-electron chi connectivity index (χ3n) is 32.1. The number of hydrogen-bond donors (Lipinski definition) is 0. The number of para-hydroxylation sites is 7. The lowest BCUT2D eigenvalue weighted by Crippen LogP contribution is -2.26. The first kappa shape index (κ1) is 114. The van der Waals surface area contributed by atoms with Crippen LogP contribution in [0.5, 0.6) is 40.2 Å². The van der Waals surface area contributed by atoms with E-state index in [9.17, 15) is 0 Å². The second-order valence-electron chi connectivity index (χ2n) is 54.4. The lowest BCUT2D eigenvalue weighted by Gasteiger charge is -2.35. The van der Waals surface area contributed by atoms with E-state index in [1.807, 2.05) is 0 Å². The molecule has 0 amide bonds. The fourth-order valence-electron chi connectivity index (χ4n) is 21.6. The first-order valence-electron chi connectivity index (χ1n) is 57.5. The highest BCUT2D eigenvalue weighted by Gasteiger charge is 2.43. The average Bonchev–Trinajstić information content (AvgIpc) is 1.19. The van der Waals surface area contributed by atoms with Gasteiger partial charge in [-0.15, -0.1) is 0 Å². The maximum atomic E-state index is 6.46. The molecule has 10 aliphatic rings. The van der Waals surface area contributed by atoms with Gasteiger partial charge in [-0.1, -0.05) is 265 Å². The van der Waals surface area contributed by atoms with Gasteiger partial charge in [-0.25, -0.2) is 0 Å². The van der Waals surface area contributed by atoms with Gasteiger partial charge in [0.15, 0.2) is 0 Å². The molecule has 10 aliphatic carbocycles. The lowest BCUT2D eigenvalue weighted by atomic mass is 9.73. The topological polar surface area (TPSA) is 64.6 Å². The molecule has 10 saturated carbocycles. The van der Waals surface area contributed by atoms with E-state index < -0.39 is 0 Å². The average molecular weight is 1930 g/mol. The number of hydrogen-bond acceptors (Lipinski definition) is 7. The zero-order chi connectivity index (χ0) is 104. The highest BCUT2D eigenvalue weighted by molar-refractivity contribution is 5.53. The fourth-order valence-corrected chi connectivity index (χ4v) is 21.6. The summed E-state index contributed by atoms with van der Waals surface area (Å²) in [7, 11) is 0. The molecule has 0 aliphatic heterocycles. The van der Waals surface area contributed by atoms with Crippen LogP contribution in [0.2, 0.25) is 0 Å². The summed E-state index contributed by atoms with van der Waals surface area (Å²) < 4.78 is 44.8. The molecule has 7 heteroatoms. The minimum atomic E-state index is -0.140. The molecule has 10 atom stereocenters. The Labute approximate surface area is 865 Å². The zero-order valence-electron chi connectivity index (χ0n) is 97.4. The summed E-state index contributed by atoms with van der Waals surface area (Å²) in [5, 5.41) is 0. The summed E-state index contributed by atoms with van der Waals surface area (Å²) in [5.41, 5.74) is 18.8. The van der Waals surface area contributed by atoms with E-state index in [0.29, 0.717) is 82.9 Å². The molecule has 784 valence electrons. The predicted octanol–water partition coefficient (Wildman–Crippen LogP) is 40.5. The minimum Gasteiger partial charge on any atom is -0.488 e. The largest absolute Gasteiger partial charge is 0.488 e. The number of ether oxygens (including phenoxy) is 7. The Morgan fingerprint density at radius 2 is 0.241 bits per heavy atom. The van der Waals surface area contributed by atoms with Crippen molar-refractivity contribution in [3.05, 3.63) is 205 Å². The molecular formula is C134H206O7. The van der Waals surface area contributed by atoms with Crippen molar-refractivity contribution < 1.29 is 33.2 Å². The van der Waals surface area contributed by atoms with Crippen LogP contribution in [0.25, 0.3) is 0 Å². The van der Waals surface area contributed by atoms with Crippen LogP contribution in [0.15, 0.2) is 127 Å². The van der Waals surface area contributed by atoms with Crippen LogP contribution in [-0.2, 0) is 0 Å². The molecule has 10 fully saturated rings. The maximum absolute atomic E-state index is 6.46. The predicted molar refractivity (Wildman–Crippen MR) is 605 cm³/mol. The van der Waals surface area contributed by atoms with Crippen LogP contribution in [0.1, 0.15) is 572 Å². The Morgan fingerprint density at radius 1 is 0.149 bits per heavy atom. The molecule has 0 N–H and O–H groups in total. The highest BCUT2D eigenvalue weighted by Crippen LogP contribution is 2.57. The normalized spacial score (nSPS) is 19.7. The van der Waals surface area contributed by atoms with Crippen molar-refractivity contribution in [3.63, 3.8) is 0 Å². The quantitative estimate of drug-likeness (QED) is 0.0429. The van der Waals surface area contributed by atoms with Gasteiger partial charge in [0.25, 0.3) is 0 Å². The van der Waals surface area contributed by atoms with Gasteiger partial charge < -0.3 is 33.2 Å². The Kier molecular flexibility index (Phi) is 38.9. The van der Waals surface area contributed by atoms with Crippen molar-refractivity contribution >= 4 is 0 Å². The molecule has 7 aromatic carbocycles. The summed E-state index contributed by atoms with van der Waals surface area (Å²) in [6.07, 6.45) is 30.5. The van der Waals surface area contributed by atoms with Crippen LogP contribution in [0.4, 0.5) is 0 Å². The summed E-state index contributed by atoms with van der Waals surface area (Å²) in [5.74, 6) is 25.1.